The third-order valence-corrected chi connectivity index (χ3v) is 3.76. The lowest BCUT2D eigenvalue weighted by Gasteiger charge is -2.10. The second-order valence-corrected chi connectivity index (χ2v) is 5.94. The van der Waals surface area contributed by atoms with E-state index in [4.69, 9.17) is 29.6 Å². The van der Waals surface area contributed by atoms with Crippen molar-refractivity contribution in [1.82, 2.24) is 0 Å². The van der Waals surface area contributed by atoms with Gasteiger partial charge in [0.15, 0.2) is 0 Å². The highest BCUT2D eigenvalue weighted by Crippen LogP contribution is 2.26. The van der Waals surface area contributed by atoms with Crippen LogP contribution in [0.2, 0.25) is 5.02 Å². The molecule has 7 heteroatoms. The zero-order valence-corrected chi connectivity index (χ0v) is 13.7. The summed E-state index contributed by atoms with van der Waals surface area (Å²) in [6, 6.07) is 9.42. The SMILES string of the molecule is NC(=S)c1ccc(Cl)c(NC(=O)c2ccc(Br)cc2O)c1. The fourth-order valence-corrected chi connectivity index (χ4v) is 2.30. The first kappa shape index (κ1) is 15.8. The van der Waals surface area contributed by atoms with Crippen LogP contribution in [0.25, 0.3) is 0 Å². The number of amides is 1. The van der Waals surface area contributed by atoms with Gasteiger partial charge in [0, 0.05) is 10.0 Å². The van der Waals surface area contributed by atoms with Gasteiger partial charge in [0.1, 0.15) is 10.7 Å². The number of benzene rings is 2. The molecule has 0 saturated carbocycles. The summed E-state index contributed by atoms with van der Waals surface area (Å²) in [6.45, 7) is 0. The Hall–Kier alpha value is -1.63. The number of carbonyl (C=O) groups excluding carboxylic acids is 1. The third-order valence-electron chi connectivity index (χ3n) is 2.70. The van der Waals surface area contributed by atoms with Crippen molar-refractivity contribution in [3.63, 3.8) is 0 Å². The van der Waals surface area contributed by atoms with Crippen LogP contribution in [0, 0.1) is 0 Å². The maximum absolute atomic E-state index is 12.2. The quantitative estimate of drug-likeness (QED) is 0.704. The first-order valence-electron chi connectivity index (χ1n) is 5.77. The van der Waals surface area contributed by atoms with E-state index >= 15 is 0 Å². The number of halogens is 2. The van der Waals surface area contributed by atoms with Crippen molar-refractivity contribution in [1.29, 1.82) is 0 Å². The van der Waals surface area contributed by atoms with Gasteiger partial charge in [0.05, 0.1) is 16.3 Å². The lowest BCUT2D eigenvalue weighted by Crippen LogP contribution is -2.14. The Bertz CT molecular complexity index is 737. The van der Waals surface area contributed by atoms with Crippen molar-refractivity contribution in [3.8, 4) is 5.75 Å². The number of nitrogens with one attached hydrogen (secondary N) is 1. The average Bonchev–Trinajstić information content (AvgIpc) is 2.40. The summed E-state index contributed by atoms with van der Waals surface area (Å²) < 4.78 is 0.671. The van der Waals surface area contributed by atoms with Gasteiger partial charge in [-0.1, -0.05) is 45.8 Å². The molecular formula is C14H10BrClN2O2S. The third kappa shape index (κ3) is 3.72. The van der Waals surface area contributed by atoms with E-state index in [0.717, 1.165) is 0 Å². The van der Waals surface area contributed by atoms with E-state index in [9.17, 15) is 9.90 Å². The highest BCUT2D eigenvalue weighted by atomic mass is 79.9. The van der Waals surface area contributed by atoms with Gasteiger partial charge in [-0.3, -0.25) is 4.79 Å². The van der Waals surface area contributed by atoms with Gasteiger partial charge in [-0.15, -0.1) is 0 Å². The predicted molar refractivity (Wildman–Crippen MR) is 91.1 cm³/mol. The monoisotopic (exact) mass is 384 g/mol. The van der Waals surface area contributed by atoms with Crippen LogP contribution in [0.15, 0.2) is 40.9 Å². The van der Waals surface area contributed by atoms with Crippen LogP contribution in [0.3, 0.4) is 0 Å². The Balaban J connectivity index is 2.31. The molecule has 0 spiro atoms. The maximum atomic E-state index is 12.2. The van der Waals surface area contributed by atoms with E-state index in [1.165, 1.54) is 12.1 Å². The van der Waals surface area contributed by atoms with Gasteiger partial charge < -0.3 is 16.2 Å². The van der Waals surface area contributed by atoms with E-state index < -0.39 is 5.91 Å². The van der Waals surface area contributed by atoms with Crippen molar-refractivity contribution < 1.29 is 9.90 Å². The Morgan fingerprint density at radius 1 is 1.29 bits per heavy atom. The largest absolute Gasteiger partial charge is 0.507 e. The summed E-state index contributed by atoms with van der Waals surface area (Å²) in [6.07, 6.45) is 0. The fraction of sp³-hybridized carbons (Fsp3) is 0. The molecule has 0 fully saturated rings. The number of anilines is 1. The Morgan fingerprint density at radius 3 is 2.62 bits per heavy atom. The molecule has 0 aliphatic rings. The summed E-state index contributed by atoms with van der Waals surface area (Å²) in [7, 11) is 0. The van der Waals surface area contributed by atoms with Gasteiger partial charge in [-0.25, -0.2) is 0 Å². The van der Waals surface area contributed by atoms with E-state index in [-0.39, 0.29) is 16.3 Å². The van der Waals surface area contributed by atoms with Crippen LogP contribution in [-0.2, 0) is 0 Å². The standard InChI is InChI=1S/C14H10BrClN2O2S/c15-8-2-3-9(12(19)6-8)14(20)18-11-5-7(13(17)21)1-4-10(11)16/h1-6,19H,(H2,17,21)(H,18,20). The molecule has 21 heavy (non-hydrogen) atoms. The average molecular weight is 386 g/mol. The summed E-state index contributed by atoms with van der Waals surface area (Å²) in [5.41, 5.74) is 6.64. The smallest absolute Gasteiger partial charge is 0.259 e. The minimum atomic E-state index is -0.484. The molecule has 0 aromatic heterocycles. The number of thiocarbonyl (C=S) groups is 1. The minimum Gasteiger partial charge on any atom is -0.507 e. The molecule has 2 rings (SSSR count). The second kappa shape index (κ2) is 6.43. The normalized spacial score (nSPS) is 10.2. The first-order valence-corrected chi connectivity index (χ1v) is 7.35. The van der Waals surface area contributed by atoms with Gasteiger partial charge in [-0.2, -0.15) is 0 Å². The number of hydrogen-bond donors (Lipinski definition) is 3. The van der Waals surface area contributed by atoms with E-state index in [1.54, 1.807) is 24.3 Å². The first-order chi connectivity index (χ1) is 9.88. The van der Waals surface area contributed by atoms with E-state index in [2.05, 4.69) is 21.2 Å². The zero-order chi connectivity index (χ0) is 15.6. The van der Waals surface area contributed by atoms with Crippen molar-refractivity contribution in [2.24, 2.45) is 5.73 Å². The van der Waals surface area contributed by atoms with Gasteiger partial charge in [-0.05, 0) is 30.3 Å². The molecule has 108 valence electrons. The highest BCUT2D eigenvalue weighted by Gasteiger charge is 2.13. The lowest BCUT2D eigenvalue weighted by atomic mass is 10.1. The Labute approximate surface area is 140 Å². The molecule has 1 amide bonds. The molecule has 0 heterocycles. The lowest BCUT2D eigenvalue weighted by molar-refractivity contribution is 0.102. The number of hydrogen-bond acceptors (Lipinski definition) is 3. The summed E-state index contributed by atoms with van der Waals surface area (Å²) >= 11 is 14.1. The number of phenols is 1. The van der Waals surface area contributed by atoms with E-state index in [1.807, 2.05) is 0 Å². The molecule has 0 aliphatic heterocycles. The second-order valence-electron chi connectivity index (χ2n) is 4.17. The molecular weight excluding hydrogens is 376 g/mol. The number of phenolic OH excluding ortho intramolecular Hbond substituents is 1. The minimum absolute atomic E-state index is 0.134. The summed E-state index contributed by atoms with van der Waals surface area (Å²) in [5, 5.41) is 12.8. The van der Waals surface area contributed by atoms with Crippen molar-refractivity contribution >= 4 is 56.3 Å². The molecule has 0 bridgehead atoms. The van der Waals surface area contributed by atoms with Crippen LogP contribution < -0.4 is 11.1 Å². The number of carbonyl (C=O) groups is 1. The van der Waals surface area contributed by atoms with Crippen LogP contribution in [0.4, 0.5) is 5.69 Å². The fourth-order valence-electron chi connectivity index (χ4n) is 1.66. The Kier molecular flexibility index (Phi) is 4.82. The highest BCUT2D eigenvalue weighted by molar-refractivity contribution is 9.10. The van der Waals surface area contributed by atoms with Gasteiger partial charge in [0.2, 0.25) is 0 Å². The van der Waals surface area contributed by atoms with E-state index in [0.29, 0.717) is 20.7 Å². The van der Waals surface area contributed by atoms with Crippen molar-refractivity contribution in [3.05, 3.63) is 57.0 Å². The molecule has 0 atom stereocenters. The number of nitrogens with two attached hydrogens (primary N) is 1. The van der Waals surface area contributed by atoms with Crippen LogP contribution in [0.5, 0.6) is 5.75 Å². The van der Waals surface area contributed by atoms with Crippen LogP contribution in [-0.4, -0.2) is 16.0 Å². The summed E-state index contributed by atoms with van der Waals surface area (Å²) in [5.74, 6) is -0.620. The molecule has 0 aliphatic carbocycles. The van der Waals surface area contributed by atoms with Crippen LogP contribution >= 0.6 is 39.7 Å². The molecule has 4 nitrogen and oxygen atoms in total. The topological polar surface area (TPSA) is 75.3 Å². The molecule has 0 unspecified atom stereocenters. The Morgan fingerprint density at radius 2 is 2.00 bits per heavy atom. The summed E-state index contributed by atoms with van der Waals surface area (Å²) in [4.78, 5) is 12.4. The van der Waals surface area contributed by atoms with Gasteiger partial charge in [0.25, 0.3) is 5.91 Å². The van der Waals surface area contributed by atoms with Gasteiger partial charge >= 0.3 is 0 Å². The molecule has 0 radical (unpaired) electrons. The predicted octanol–water partition coefficient (Wildman–Crippen LogP) is 3.69. The molecule has 2 aromatic carbocycles. The molecule has 4 N–H and O–H groups in total. The number of aromatic hydroxyl groups is 1. The zero-order valence-electron chi connectivity index (χ0n) is 10.6. The maximum Gasteiger partial charge on any atom is 0.259 e. The number of rotatable bonds is 3. The van der Waals surface area contributed by atoms with Crippen molar-refractivity contribution in [2.45, 2.75) is 0 Å². The molecule has 0 saturated heterocycles. The molecule has 2 aromatic rings. The van der Waals surface area contributed by atoms with Crippen molar-refractivity contribution in [2.75, 3.05) is 5.32 Å². The van der Waals surface area contributed by atoms with Crippen LogP contribution in [0.1, 0.15) is 15.9 Å².